The minimum atomic E-state index is -4.39. The van der Waals surface area contributed by atoms with Crippen molar-refractivity contribution in [3.05, 3.63) is 83.7 Å². The second-order valence-corrected chi connectivity index (χ2v) is 8.25. The molecular formula is C24H26F3N3S. The van der Waals surface area contributed by atoms with Crippen LogP contribution in [-0.2, 0) is 6.18 Å². The fourth-order valence-corrected chi connectivity index (χ4v) is 4.39. The fourth-order valence-electron chi connectivity index (χ4n) is 3.43. The minimum absolute atomic E-state index is 0.111. The monoisotopic (exact) mass is 445 g/mol. The Morgan fingerprint density at radius 2 is 1.87 bits per heavy atom. The van der Waals surface area contributed by atoms with Gasteiger partial charge in [0.05, 0.1) is 5.56 Å². The third kappa shape index (κ3) is 6.32. The van der Waals surface area contributed by atoms with Gasteiger partial charge in [-0.05, 0) is 84.8 Å². The van der Waals surface area contributed by atoms with Crippen molar-refractivity contribution in [1.29, 1.82) is 0 Å². The standard InChI is InChI=1S/C24H26F3N3S/c1-17-16-29-14-12-20(17)18-7-6-8-19(15-18)22(10-4-5-13-28)30-31-23-11-3-2-9-21(23)24(25,26)27/h2-3,6-9,11-12,14-16,22,30H,4-5,10,13,28H2,1H3. The lowest BCUT2D eigenvalue weighted by atomic mass is 9.96. The molecule has 3 nitrogen and oxygen atoms in total. The number of aromatic nitrogens is 1. The van der Waals surface area contributed by atoms with Gasteiger partial charge in [0.15, 0.2) is 0 Å². The first kappa shape index (κ1) is 23.3. The molecule has 1 atom stereocenters. The van der Waals surface area contributed by atoms with Crippen LogP contribution in [0.15, 0.2) is 71.9 Å². The second-order valence-electron chi connectivity index (χ2n) is 7.37. The lowest BCUT2D eigenvalue weighted by Crippen LogP contribution is -2.16. The lowest BCUT2D eigenvalue weighted by molar-refractivity contribution is -0.139. The number of aryl methyl sites for hydroxylation is 1. The van der Waals surface area contributed by atoms with Crippen LogP contribution in [0, 0.1) is 6.92 Å². The van der Waals surface area contributed by atoms with Crippen molar-refractivity contribution in [3.63, 3.8) is 0 Å². The van der Waals surface area contributed by atoms with Gasteiger partial charge in [-0.3, -0.25) is 9.71 Å². The smallest absolute Gasteiger partial charge is 0.330 e. The van der Waals surface area contributed by atoms with Gasteiger partial charge in [0, 0.05) is 23.3 Å². The predicted molar refractivity (Wildman–Crippen MR) is 120 cm³/mol. The van der Waals surface area contributed by atoms with Gasteiger partial charge in [0.25, 0.3) is 0 Å². The Balaban J connectivity index is 1.85. The number of nitrogens with one attached hydrogen (secondary N) is 1. The van der Waals surface area contributed by atoms with Crippen LogP contribution in [-0.4, -0.2) is 11.5 Å². The summed E-state index contributed by atoms with van der Waals surface area (Å²) in [5, 5.41) is 0. The maximum absolute atomic E-state index is 13.4. The number of unbranched alkanes of at least 4 members (excludes halogenated alkanes) is 1. The Hall–Kier alpha value is -2.35. The van der Waals surface area contributed by atoms with Crippen molar-refractivity contribution in [2.24, 2.45) is 5.73 Å². The van der Waals surface area contributed by atoms with Crippen molar-refractivity contribution in [2.75, 3.05) is 6.54 Å². The van der Waals surface area contributed by atoms with Gasteiger partial charge in [-0.15, -0.1) is 0 Å². The summed E-state index contributed by atoms with van der Waals surface area (Å²) >= 11 is 1.03. The van der Waals surface area contributed by atoms with Gasteiger partial charge >= 0.3 is 6.18 Å². The van der Waals surface area contributed by atoms with Crippen LogP contribution in [0.5, 0.6) is 0 Å². The summed E-state index contributed by atoms with van der Waals surface area (Å²) in [5.74, 6) is 0. The van der Waals surface area contributed by atoms with Crippen molar-refractivity contribution < 1.29 is 13.2 Å². The minimum Gasteiger partial charge on any atom is -0.330 e. The van der Waals surface area contributed by atoms with E-state index in [0.717, 1.165) is 59.5 Å². The highest BCUT2D eigenvalue weighted by atomic mass is 32.2. The molecule has 7 heteroatoms. The zero-order valence-electron chi connectivity index (χ0n) is 17.3. The molecule has 3 rings (SSSR count). The third-order valence-electron chi connectivity index (χ3n) is 5.07. The quantitative estimate of drug-likeness (QED) is 0.290. The van der Waals surface area contributed by atoms with Crippen molar-refractivity contribution >= 4 is 11.9 Å². The molecule has 0 spiro atoms. The molecule has 0 fully saturated rings. The molecule has 1 aromatic heterocycles. The highest BCUT2D eigenvalue weighted by molar-refractivity contribution is 7.97. The van der Waals surface area contributed by atoms with Gasteiger partial charge in [-0.1, -0.05) is 36.8 Å². The second kappa shape index (κ2) is 10.8. The van der Waals surface area contributed by atoms with Gasteiger partial charge in [0.1, 0.15) is 0 Å². The predicted octanol–water partition coefficient (Wildman–Crippen LogP) is 6.54. The first-order chi connectivity index (χ1) is 14.9. The number of nitrogens with zero attached hydrogens (tertiary/aromatic N) is 1. The fraction of sp³-hybridized carbons (Fsp3) is 0.292. The summed E-state index contributed by atoms with van der Waals surface area (Å²) < 4.78 is 43.4. The van der Waals surface area contributed by atoms with Crippen molar-refractivity contribution in [1.82, 2.24) is 9.71 Å². The van der Waals surface area contributed by atoms with Crippen LogP contribution < -0.4 is 10.5 Å². The summed E-state index contributed by atoms with van der Waals surface area (Å²) in [7, 11) is 0. The van der Waals surface area contributed by atoms with E-state index in [4.69, 9.17) is 5.73 Å². The summed E-state index contributed by atoms with van der Waals surface area (Å²) in [4.78, 5) is 4.32. The largest absolute Gasteiger partial charge is 0.417 e. The van der Waals surface area contributed by atoms with E-state index in [1.165, 1.54) is 12.1 Å². The number of benzene rings is 2. The zero-order chi connectivity index (χ0) is 22.3. The summed E-state index contributed by atoms with van der Waals surface area (Å²) in [5.41, 5.74) is 9.27. The number of pyridine rings is 1. The summed E-state index contributed by atoms with van der Waals surface area (Å²) in [6.07, 6.45) is 1.72. The Kier molecular flexibility index (Phi) is 8.12. The van der Waals surface area contributed by atoms with E-state index in [1.54, 1.807) is 12.3 Å². The van der Waals surface area contributed by atoms with Gasteiger partial charge < -0.3 is 5.73 Å². The molecular weight excluding hydrogens is 419 g/mol. The molecule has 0 aliphatic carbocycles. The molecule has 1 unspecified atom stereocenters. The summed E-state index contributed by atoms with van der Waals surface area (Å²) in [6, 6.07) is 15.6. The molecule has 3 aromatic rings. The van der Waals surface area contributed by atoms with E-state index in [0.29, 0.717) is 6.54 Å². The van der Waals surface area contributed by atoms with Crippen LogP contribution in [0.1, 0.15) is 42.0 Å². The maximum Gasteiger partial charge on any atom is 0.417 e. The lowest BCUT2D eigenvalue weighted by Gasteiger charge is -2.21. The normalized spacial score (nSPS) is 12.7. The SMILES string of the molecule is Cc1cnccc1-c1cccc(C(CCCCN)NSc2ccccc2C(F)(F)F)c1. The average molecular weight is 446 g/mol. The first-order valence-electron chi connectivity index (χ1n) is 10.2. The molecule has 0 aliphatic heterocycles. The van der Waals surface area contributed by atoms with Crippen molar-refractivity contribution in [2.45, 2.75) is 43.3 Å². The number of hydrogen-bond donors (Lipinski definition) is 2. The van der Waals surface area contributed by atoms with Crippen LogP contribution in [0.3, 0.4) is 0 Å². The van der Waals surface area contributed by atoms with E-state index < -0.39 is 11.7 Å². The molecule has 1 heterocycles. The van der Waals surface area contributed by atoms with E-state index in [2.05, 4.69) is 15.8 Å². The number of hydrogen-bond acceptors (Lipinski definition) is 4. The van der Waals surface area contributed by atoms with Crippen LogP contribution in [0.25, 0.3) is 11.1 Å². The van der Waals surface area contributed by atoms with Gasteiger partial charge in [0.2, 0.25) is 0 Å². The summed E-state index contributed by atoms with van der Waals surface area (Å²) in [6.45, 7) is 2.60. The highest BCUT2D eigenvalue weighted by Gasteiger charge is 2.33. The average Bonchev–Trinajstić information content (AvgIpc) is 2.76. The molecule has 0 saturated heterocycles. The Bertz CT molecular complexity index is 992. The van der Waals surface area contributed by atoms with E-state index in [-0.39, 0.29) is 10.9 Å². The van der Waals surface area contributed by atoms with Gasteiger partial charge in [-0.25, -0.2) is 0 Å². The molecule has 31 heavy (non-hydrogen) atoms. The molecule has 164 valence electrons. The van der Waals surface area contributed by atoms with Crippen molar-refractivity contribution in [3.8, 4) is 11.1 Å². The molecule has 2 aromatic carbocycles. The number of nitrogens with two attached hydrogens (primary N) is 1. The molecule has 3 N–H and O–H groups in total. The molecule has 0 radical (unpaired) electrons. The highest BCUT2D eigenvalue weighted by Crippen LogP contribution is 2.37. The Morgan fingerprint density at radius 3 is 2.61 bits per heavy atom. The maximum atomic E-state index is 13.4. The van der Waals surface area contributed by atoms with Crippen LogP contribution in [0.2, 0.25) is 0 Å². The third-order valence-corrected chi connectivity index (χ3v) is 6.05. The number of rotatable bonds is 9. The Morgan fingerprint density at radius 1 is 1.06 bits per heavy atom. The number of alkyl halides is 3. The van der Waals surface area contributed by atoms with E-state index >= 15 is 0 Å². The van der Waals surface area contributed by atoms with E-state index in [1.807, 2.05) is 37.4 Å². The molecule has 0 saturated carbocycles. The zero-order valence-corrected chi connectivity index (χ0v) is 18.1. The molecule has 0 aliphatic rings. The first-order valence-corrected chi connectivity index (χ1v) is 11.0. The van der Waals surface area contributed by atoms with Crippen LogP contribution >= 0.6 is 11.9 Å². The molecule has 0 amide bonds. The van der Waals surface area contributed by atoms with E-state index in [9.17, 15) is 13.2 Å². The molecule has 0 bridgehead atoms. The van der Waals surface area contributed by atoms with Crippen LogP contribution in [0.4, 0.5) is 13.2 Å². The number of halogens is 3. The van der Waals surface area contributed by atoms with Gasteiger partial charge in [-0.2, -0.15) is 13.2 Å². The Labute approximate surface area is 185 Å². The topological polar surface area (TPSA) is 50.9 Å².